The Morgan fingerprint density at radius 1 is 1.19 bits per heavy atom. The summed E-state index contributed by atoms with van der Waals surface area (Å²) < 4.78 is 15.6. The van der Waals surface area contributed by atoms with Gasteiger partial charge in [-0.15, -0.1) is 16.8 Å². The van der Waals surface area contributed by atoms with Crippen LogP contribution in [-0.2, 0) is 11.3 Å². The largest absolute Gasteiger partial charge is 0.342 e. The van der Waals surface area contributed by atoms with Crippen molar-refractivity contribution in [3.05, 3.63) is 82.4 Å². The second kappa shape index (κ2) is 12.9. The van der Waals surface area contributed by atoms with Gasteiger partial charge in [0.25, 0.3) is 5.91 Å². The number of amides is 2. The van der Waals surface area contributed by atoms with Gasteiger partial charge < -0.3 is 15.2 Å². The van der Waals surface area contributed by atoms with Crippen molar-refractivity contribution in [2.45, 2.75) is 38.0 Å². The summed E-state index contributed by atoms with van der Waals surface area (Å²) in [7, 11) is 0. The number of nitrogens with zero attached hydrogens (tertiary/aromatic N) is 3. The summed E-state index contributed by atoms with van der Waals surface area (Å²) in [6.07, 6.45) is 2.27. The molecule has 36 heavy (non-hydrogen) atoms. The third-order valence-electron chi connectivity index (χ3n) is 5.04. The zero-order valence-electron chi connectivity index (χ0n) is 19.8. The molecule has 1 atom stereocenters. The third-order valence-corrected chi connectivity index (χ3v) is 6.55. The molecule has 0 saturated heterocycles. The highest BCUT2D eigenvalue weighted by atomic mass is 35.5. The summed E-state index contributed by atoms with van der Waals surface area (Å²) in [5, 5.41) is 15.3. The predicted octanol–water partition coefficient (Wildman–Crippen LogP) is 6.16. The number of benzene rings is 2. The van der Waals surface area contributed by atoms with Crippen molar-refractivity contribution in [2.75, 3.05) is 11.1 Å². The van der Waals surface area contributed by atoms with Crippen molar-refractivity contribution >= 4 is 52.5 Å². The third kappa shape index (κ3) is 7.32. The van der Waals surface area contributed by atoms with E-state index in [0.717, 1.165) is 11.8 Å². The van der Waals surface area contributed by atoms with E-state index in [9.17, 15) is 14.0 Å². The maximum absolute atomic E-state index is 13.8. The van der Waals surface area contributed by atoms with Crippen molar-refractivity contribution in [2.24, 2.45) is 5.92 Å². The second-order valence-electron chi connectivity index (χ2n) is 8.34. The van der Waals surface area contributed by atoms with E-state index in [-0.39, 0.29) is 34.2 Å². The van der Waals surface area contributed by atoms with Gasteiger partial charge in [-0.25, -0.2) is 4.39 Å². The van der Waals surface area contributed by atoms with Gasteiger partial charge in [0, 0.05) is 11.6 Å². The molecule has 0 aliphatic heterocycles. The van der Waals surface area contributed by atoms with Crippen molar-refractivity contribution in [3.8, 4) is 0 Å². The number of carbonyl (C=O) groups is 2. The number of halogens is 3. The summed E-state index contributed by atoms with van der Waals surface area (Å²) in [4.78, 5) is 25.4. The molecule has 0 aliphatic rings. The lowest BCUT2D eigenvalue weighted by Crippen LogP contribution is -2.32. The number of para-hydroxylation sites is 1. The van der Waals surface area contributed by atoms with E-state index in [2.05, 4.69) is 27.4 Å². The van der Waals surface area contributed by atoms with Crippen LogP contribution in [0.1, 0.15) is 42.5 Å². The minimum Gasteiger partial charge on any atom is -0.342 e. The lowest BCUT2D eigenvalue weighted by atomic mass is 10.0. The Morgan fingerprint density at radius 3 is 2.61 bits per heavy atom. The molecule has 2 N–H and O–H groups in total. The molecule has 2 amide bonds. The first kappa shape index (κ1) is 27.7. The van der Waals surface area contributed by atoms with Crippen LogP contribution in [0.4, 0.5) is 10.1 Å². The van der Waals surface area contributed by atoms with Gasteiger partial charge in [0.2, 0.25) is 5.91 Å². The molecule has 11 heteroatoms. The second-order valence-corrected chi connectivity index (χ2v) is 10.1. The monoisotopic (exact) mass is 549 g/mol. The fraction of sp³-hybridized carbons (Fsp3) is 0.280. The fourth-order valence-corrected chi connectivity index (χ4v) is 4.70. The van der Waals surface area contributed by atoms with Crippen LogP contribution >= 0.6 is 35.0 Å². The molecule has 0 spiro atoms. The Hall–Kier alpha value is -2.88. The van der Waals surface area contributed by atoms with Gasteiger partial charge in [0.15, 0.2) is 11.0 Å². The summed E-state index contributed by atoms with van der Waals surface area (Å²) >= 11 is 13.3. The van der Waals surface area contributed by atoms with E-state index in [0.29, 0.717) is 34.5 Å². The Labute approximate surface area is 223 Å². The number of rotatable bonds is 11. The van der Waals surface area contributed by atoms with E-state index < -0.39 is 11.9 Å². The lowest BCUT2D eigenvalue weighted by molar-refractivity contribution is -0.113. The maximum atomic E-state index is 13.8. The smallest absolute Gasteiger partial charge is 0.253 e. The summed E-state index contributed by atoms with van der Waals surface area (Å²) in [6.45, 7) is 8.24. The molecule has 0 aliphatic carbocycles. The van der Waals surface area contributed by atoms with Crippen molar-refractivity contribution < 1.29 is 14.0 Å². The topological polar surface area (TPSA) is 88.9 Å². The Bertz CT molecular complexity index is 1250. The number of hydrogen-bond acceptors (Lipinski definition) is 5. The first-order chi connectivity index (χ1) is 17.2. The summed E-state index contributed by atoms with van der Waals surface area (Å²) in [6, 6.07) is 10.1. The molecule has 7 nitrogen and oxygen atoms in total. The quantitative estimate of drug-likeness (QED) is 0.221. The normalized spacial score (nSPS) is 11.8. The van der Waals surface area contributed by atoms with Gasteiger partial charge >= 0.3 is 0 Å². The van der Waals surface area contributed by atoms with Gasteiger partial charge in [-0.3, -0.25) is 9.59 Å². The van der Waals surface area contributed by atoms with Gasteiger partial charge in [-0.05, 0) is 42.7 Å². The van der Waals surface area contributed by atoms with Gasteiger partial charge in [-0.1, -0.05) is 67.0 Å². The molecule has 0 saturated carbocycles. The molecule has 1 heterocycles. The highest BCUT2D eigenvalue weighted by Gasteiger charge is 2.25. The Balaban J connectivity index is 1.79. The molecule has 2 aromatic carbocycles. The van der Waals surface area contributed by atoms with E-state index in [1.165, 1.54) is 18.2 Å². The molecule has 3 rings (SSSR count). The molecular weight excluding hydrogens is 524 g/mol. The maximum Gasteiger partial charge on any atom is 0.253 e. The van der Waals surface area contributed by atoms with Crippen LogP contribution in [0.3, 0.4) is 0 Å². The van der Waals surface area contributed by atoms with Gasteiger partial charge in [-0.2, -0.15) is 0 Å². The first-order valence-corrected chi connectivity index (χ1v) is 12.9. The average molecular weight is 550 g/mol. The molecule has 3 aromatic rings. The fourth-order valence-electron chi connectivity index (χ4n) is 3.45. The number of thioether (sulfide) groups is 1. The van der Waals surface area contributed by atoms with Crippen LogP contribution in [-0.4, -0.2) is 32.3 Å². The number of nitrogens with one attached hydrogen (secondary N) is 2. The van der Waals surface area contributed by atoms with Crippen LogP contribution in [0, 0.1) is 11.7 Å². The van der Waals surface area contributed by atoms with Crippen molar-refractivity contribution in [1.82, 2.24) is 20.1 Å². The van der Waals surface area contributed by atoms with Crippen LogP contribution in [0.2, 0.25) is 10.0 Å². The highest BCUT2D eigenvalue weighted by molar-refractivity contribution is 7.99. The number of allylic oxidation sites excluding steroid dienone is 1. The van der Waals surface area contributed by atoms with Crippen molar-refractivity contribution in [3.63, 3.8) is 0 Å². The zero-order valence-corrected chi connectivity index (χ0v) is 22.1. The molecule has 0 unspecified atom stereocenters. The Kier molecular flexibility index (Phi) is 9.92. The molecule has 0 radical (unpaired) electrons. The molecule has 0 bridgehead atoms. The van der Waals surface area contributed by atoms with E-state index in [1.807, 2.05) is 13.8 Å². The Morgan fingerprint density at radius 2 is 1.94 bits per heavy atom. The predicted molar refractivity (Wildman–Crippen MR) is 142 cm³/mol. The van der Waals surface area contributed by atoms with Crippen LogP contribution in [0.15, 0.2) is 60.3 Å². The van der Waals surface area contributed by atoms with Crippen LogP contribution < -0.4 is 10.6 Å². The minimum atomic E-state index is -0.513. The number of aromatic nitrogens is 3. The van der Waals surface area contributed by atoms with E-state index >= 15 is 0 Å². The number of carbonyl (C=O) groups excluding carboxylic acids is 2. The van der Waals surface area contributed by atoms with Crippen LogP contribution in [0.25, 0.3) is 0 Å². The van der Waals surface area contributed by atoms with Gasteiger partial charge in [0.1, 0.15) is 5.82 Å². The first-order valence-electron chi connectivity index (χ1n) is 11.2. The summed E-state index contributed by atoms with van der Waals surface area (Å²) in [5.41, 5.74) is 0.404. The number of hydrogen-bond donors (Lipinski definition) is 2. The molecule has 0 fully saturated rings. The average Bonchev–Trinajstić information content (AvgIpc) is 3.21. The lowest BCUT2D eigenvalue weighted by Gasteiger charge is -2.21. The van der Waals surface area contributed by atoms with Gasteiger partial charge in [0.05, 0.1) is 28.1 Å². The molecular formula is C25H26Cl2FN5O2S. The standard InChI is InChI=1S/C25H26Cl2FN5O2S/c1-4-11-33-23(21(12-15(2)3)30-24(35)17-10-9-16(26)13-18(17)27)31-32-25(33)36-14-22(34)29-20-8-6-5-7-19(20)28/h4-10,13,15,21H,1,11-12,14H2,2-3H3,(H,29,34)(H,30,35)/t21-/m1/s1. The summed E-state index contributed by atoms with van der Waals surface area (Å²) in [5.74, 6) is -0.517. The van der Waals surface area contributed by atoms with E-state index in [1.54, 1.807) is 34.9 Å². The van der Waals surface area contributed by atoms with E-state index in [4.69, 9.17) is 23.2 Å². The minimum absolute atomic E-state index is 0.00873. The number of anilines is 1. The highest BCUT2D eigenvalue weighted by Crippen LogP contribution is 2.27. The zero-order chi connectivity index (χ0) is 26.2. The molecule has 1 aromatic heterocycles. The SMILES string of the molecule is C=CCn1c(SCC(=O)Nc2ccccc2F)nnc1[C@@H](CC(C)C)NC(=O)c1ccc(Cl)cc1Cl. The molecule has 190 valence electrons. The van der Waals surface area contributed by atoms with Crippen LogP contribution in [0.5, 0.6) is 0 Å². The van der Waals surface area contributed by atoms with Crippen molar-refractivity contribution in [1.29, 1.82) is 0 Å².